The molecule has 1 unspecified atom stereocenters. The Balaban J connectivity index is 1.75. The first kappa shape index (κ1) is 21.1. The van der Waals surface area contributed by atoms with Gasteiger partial charge in [0, 0.05) is 17.8 Å². The maximum atomic E-state index is 13.6. The highest BCUT2D eigenvalue weighted by atomic mass is 16.5. The molecule has 1 saturated carbocycles. The second kappa shape index (κ2) is 8.17. The Hall–Kier alpha value is -3.16. The fourth-order valence-corrected chi connectivity index (χ4v) is 4.47. The summed E-state index contributed by atoms with van der Waals surface area (Å²) in [6.45, 7) is 3.86. The van der Waals surface area contributed by atoms with E-state index >= 15 is 0 Å². The molecule has 164 valence electrons. The number of ether oxygens (including phenoxy) is 1. The third kappa shape index (κ3) is 3.82. The molecule has 1 fully saturated rings. The summed E-state index contributed by atoms with van der Waals surface area (Å²) >= 11 is 0. The molecule has 1 aromatic carbocycles. The molecule has 0 radical (unpaired) electrons. The van der Waals surface area contributed by atoms with Gasteiger partial charge in [0.05, 0.1) is 13.7 Å². The molecule has 2 amide bonds. The summed E-state index contributed by atoms with van der Waals surface area (Å²) < 4.78 is 6.20. The number of carbonyl (C=O) groups excluding carboxylic acids is 3. The minimum atomic E-state index is -1.20. The lowest BCUT2D eigenvalue weighted by atomic mass is 9.91. The third-order valence-electron chi connectivity index (χ3n) is 6.27. The maximum absolute atomic E-state index is 13.6. The lowest BCUT2D eigenvalue weighted by molar-refractivity contribution is -0.127. The van der Waals surface area contributed by atoms with Gasteiger partial charge in [0.15, 0.2) is 5.69 Å². The number of hydrogen-bond acceptors (Lipinski definition) is 5. The summed E-state index contributed by atoms with van der Waals surface area (Å²) in [7, 11) is 1.27. The van der Waals surface area contributed by atoms with E-state index in [4.69, 9.17) is 4.74 Å². The van der Waals surface area contributed by atoms with Crippen molar-refractivity contribution < 1.29 is 19.1 Å². The van der Waals surface area contributed by atoms with E-state index in [-0.39, 0.29) is 35.8 Å². The quantitative estimate of drug-likeness (QED) is 0.762. The van der Waals surface area contributed by atoms with Crippen molar-refractivity contribution in [2.75, 3.05) is 12.0 Å². The molecule has 0 saturated heterocycles. The fourth-order valence-electron chi connectivity index (χ4n) is 4.47. The molecule has 1 N–H and O–H groups in total. The molecule has 1 aliphatic carbocycles. The van der Waals surface area contributed by atoms with Crippen LogP contribution in [0.1, 0.15) is 65.6 Å². The van der Waals surface area contributed by atoms with Crippen LogP contribution < -0.4 is 10.2 Å². The van der Waals surface area contributed by atoms with Gasteiger partial charge in [0.2, 0.25) is 5.91 Å². The average molecular weight is 425 g/mol. The number of aryl methyl sites for hydroxylation is 1. The van der Waals surface area contributed by atoms with Crippen LogP contribution in [0.5, 0.6) is 0 Å². The van der Waals surface area contributed by atoms with E-state index < -0.39 is 11.5 Å². The van der Waals surface area contributed by atoms with Crippen LogP contribution in [0.2, 0.25) is 0 Å². The number of anilines is 1. The normalized spacial score (nSPS) is 21.5. The molecule has 2 aliphatic rings. The number of nitrogens with zero attached hydrogens (tertiary/aromatic N) is 3. The Morgan fingerprint density at radius 2 is 1.84 bits per heavy atom. The number of rotatable bonds is 4. The van der Waals surface area contributed by atoms with Gasteiger partial charge in [0.25, 0.3) is 5.91 Å². The summed E-state index contributed by atoms with van der Waals surface area (Å²) in [4.78, 5) is 40.6. The molecule has 2 aromatic rings. The zero-order chi connectivity index (χ0) is 22.2. The molecule has 1 aromatic heterocycles. The molecule has 31 heavy (non-hydrogen) atoms. The number of nitrogens with one attached hydrogen (secondary N) is 1. The molecular formula is C23H28N4O4. The lowest BCUT2D eigenvalue weighted by Crippen LogP contribution is -2.65. The van der Waals surface area contributed by atoms with Crippen molar-refractivity contribution in [3.05, 3.63) is 47.3 Å². The molecule has 4 rings (SSSR count). The van der Waals surface area contributed by atoms with Crippen molar-refractivity contribution >= 4 is 23.5 Å². The van der Waals surface area contributed by atoms with Gasteiger partial charge in [0.1, 0.15) is 11.2 Å². The zero-order valence-corrected chi connectivity index (χ0v) is 18.2. The number of benzene rings is 1. The maximum Gasteiger partial charge on any atom is 0.358 e. The minimum absolute atomic E-state index is 0.0478. The largest absolute Gasteiger partial charge is 0.464 e. The Morgan fingerprint density at radius 1 is 1.16 bits per heavy atom. The van der Waals surface area contributed by atoms with Crippen molar-refractivity contribution in [2.45, 2.75) is 64.1 Å². The first-order valence-corrected chi connectivity index (χ1v) is 10.7. The Bertz CT molecular complexity index is 1010. The van der Waals surface area contributed by atoms with Gasteiger partial charge in [-0.2, -0.15) is 5.10 Å². The Morgan fingerprint density at radius 3 is 2.48 bits per heavy atom. The van der Waals surface area contributed by atoms with Crippen molar-refractivity contribution in [2.24, 2.45) is 0 Å². The van der Waals surface area contributed by atoms with Gasteiger partial charge in [-0.05, 0) is 38.8 Å². The van der Waals surface area contributed by atoms with Gasteiger partial charge in [-0.1, -0.05) is 37.0 Å². The van der Waals surface area contributed by atoms with E-state index in [9.17, 15) is 14.4 Å². The Kier molecular flexibility index (Phi) is 5.56. The lowest BCUT2D eigenvalue weighted by Gasteiger charge is -2.44. The average Bonchev–Trinajstić information content (AvgIpc) is 3.19. The van der Waals surface area contributed by atoms with Crippen LogP contribution in [0.15, 0.2) is 30.3 Å². The van der Waals surface area contributed by atoms with E-state index in [2.05, 4.69) is 10.4 Å². The van der Waals surface area contributed by atoms with Gasteiger partial charge in [-0.3, -0.25) is 19.2 Å². The second-order valence-electron chi connectivity index (χ2n) is 8.62. The van der Waals surface area contributed by atoms with Crippen LogP contribution in [0.25, 0.3) is 0 Å². The van der Waals surface area contributed by atoms with Crippen LogP contribution >= 0.6 is 0 Å². The summed E-state index contributed by atoms with van der Waals surface area (Å²) in [5.74, 6) is -1.21. The van der Waals surface area contributed by atoms with Gasteiger partial charge in [-0.25, -0.2) is 4.79 Å². The highest BCUT2D eigenvalue weighted by Crippen LogP contribution is 2.33. The van der Waals surface area contributed by atoms with Crippen molar-refractivity contribution in [1.29, 1.82) is 0 Å². The first-order chi connectivity index (χ1) is 14.8. The van der Waals surface area contributed by atoms with Crippen LogP contribution in [0.3, 0.4) is 0 Å². The highest BCUT2D eigenvalue weighted by molar-refractivity contribution is 6.12. The predicted octanol–water partition coefficient (Wildman–Crippen LogP) is 2.85. The number of amides is 2. The van der Waals surface area contributed by atoms with Crippen LogP contribution in [-0.4, -0.2) is 46.3 Å². The summed E-state index contributed by atoms with van der Waals surface area (Å²) in [6.07, 6.45) is 5.26. The van der Waals surface area contributed by atoms with Gasteiger partial charge in [-0.15, -0.1) is 0 Å². The molecule has 1 atom stereocenters. The number of esters is 1. The summed E-state index contributed by atoms with van der Waals surface area (Å²) in [5, 5.41) is 7.42. The zero-order valence-electron chi connectivity index (χ0n) is 18.2. The van der Waals surface area contributed by atoms with Gasteiger partial charge < -0.3 is 10.1 Å². The molecule has 8 nitrogen and oxygen atoms in total. The molecule has 0 spiro atoms. The molecule has 8 heteroatoms. The molecule has 2 heterocycles. The number of hydrogen-bond donors (Lipinski definition) is 1. The van der Waals surface area contributed by atoms with E-state index in [0.29, 0.717) is 5.69 Å². The highest BCUT2D eigenvalue weighted by Gasteiger charge is 2.49. The van der Waals surface area contributed by atoms with Crippen LogP contribution in [0.4, 0.5) is 5.69 Å². The molecule has 0 bridgehead atoms. The Labute approximate surface area is 181 Å². The standard InChI is InChI=1S/C23H28N4O4/c1-15-9-11-17(12-10-15)27-20(28)19-13-18(21(29)31-3)25-26(19)14-23(27,2)22(30)24-16-7-5-4-6-8-16/h9-13,16H,4-8,14H2,1-3H3,(H,24,30). The fraction of sp³-hybridized carbons (Fsp3) is 0.478. The summed E-state index contributed by atoms with van der Waals surface area (Å²) in [6, 6.07) is 9.03. The minimum Gasteiger partial charge on any atom is -0.464 e. The number of carbonyl (C=O) groups is 3. The smallest absolute Gasteiger partial charge is 0.358 e. The number of methoxy groups -OCH3 is 1. The summed E-state index contributed by atoms with van der Waals surface area (Å²) in [5.41, 5.74) is 0.787. The van der Waals surface area contributed by atoms with Crippen molar-refractivity contribution in [3.63, 3.8) is 0 Å². The SMILES string of the molecule is COC(=O)c1cc2n(n1)CC(C)(C(=O)NC1CCCCC1)N(c1ccc(C)cc1)C2=O. The van der Waals surface area contributed by atoms with Crippen molar-refractivity contribution in [1.82, 2.24) is 15.1 Å². The monoisotopic (exact) mass is 424 g/mol. The van der Waals surface area contributed by atoms with E-state index in [1.54, 1.807) is 6.92 Å². The van der Waals surface area contributed by atoms with E-state index in [0.717, 1.165) is 31.2 Å². The van der Waals surface area contributed by atoms with Gasteiger partial charge >= 0.3 is 5.97 Å². The van der Waals surface area contributed by atoms with Crippen molar-refractivity contribution in [3.8, 4) is 0 Å². The van der Waals surface area contributed by atoms with E-state index in [1.165, 1.54) is 29.2 Å². The van der Waals surface area contributed by atoms with E-state index in [1.807, 2.05) is 31.2 Å². The topological polar surface area (TPSA) is 93.5 Å². The van der Waals surface area contributed by atoms with Crippen LogP contribution in [0, 0.1) is 6.92 Å². The number of fused-ring (bicyclic) bond motifs is 1. The first-order valence-electron chi connectivity index (χ1n) is 10.7. The molecule has 1 aliphatic heterocycles. The third-order valence-corrected chi connectivity index (χ3v) is 6.27. The second-order valence-corrected chi connectivity index (χ2v) is 8.62. The predicted molar refractivity (Wildman–Crippen MR) is 115 cm³/mol. The number of aromatic nitrogens is 2. The molecular weight excluding hydrogens is 396 g/mol. The van der Waals surface area contributed by atoms with Crippen LogP contribution in [-0.2, 0) is 16.1 Å².